The third-order valence-corrected chi connectivity index (χ3v) is 3.73. The molecule has 1 N–H and O–H groups in total. The highest BCUT2D eigenvalue weighted by molar-refractivity contribution is 6.31. The van der Waals surface area contributed by atoms with Gasteiger partial charge in [-0.05, 0) is 59.3 Å². The van der Waals surface area contributed by atoms with E-state index in [1.54, 1.807) is 30.3 Å². The van der Waals surface area contributed by atoms with Crippen LogP contribution in [-0.4, -0.2) is 26.1 Å². The van der Waals surface area contributed by atoms with Crippen LogP contribution in [0.1, 0.15) is 21.5 Å². The van der Waals surface area contributed by atoms with Crippen LogP contribution in [0.3, 0.4) is 0 Å². The first kappa shape index (κ1) is 15.6. The Labute approximate surface area is 142 Å². The van der Waals surface area contributed by atoms with E-state index in [-0.39, 0.29) is 5.91 Å². The number of nitrogens with one attached hydrogen (secondary N) is 1. The summed E-state index contributed by atoms with van der Waals surface area (Å²) >= 11 is 5.88. The van der Waals surface area contributed by atoms with E-state index >= 15 is 0 Å². The molecule has 0 saturated heterocycles. The molecule has 3 rings (SSSR count). The van der Waals surface area contributed by atoms with Crippen molar-refractivity contribution in [1.82, 2.24) is 20.2 Å². The van der Waals surface area contributed by atoms with E-state index in [1.165, 1.54) is 17.1 Å². The zero-order valence-corrected chi connectivity index (χ0v) is 13.3. The number of nitriles is 1. The molecule has 0 radical (unpaired) electrons. The third kappa shape index (κ3) is 3.09. The molecule has 0 unspecified atom stereocenters. The fraction of sp³-hybridized carbons (Fsp3) is 0.0625. The molecule has 0 aliphatic rings. The molecule has 0 aliphatic heterocycles. The number of benzene rings is 2. The Morgan fingerprint density at radius 3 is 2.79 bits per heavy atom. The Morgan fingerprint density at radius 1 is 1.29 bits per heavy atom. The molecule has 2 aromatic carbocycles. The first-order chi connectivity index (χ1) is 11.6. The van der Waals surface area contributed by atoms with Crippen molar-refractivity contribution in [1.29, 1.82) is 5.26 Å². The molecule has 24 heavy (non-hydrogen) atoms. The zero-order chi connectivity index (χ0) is 17.1. The highest BCUT2D eigenvalue weighted by Gasteiger charge is 2.11. The van der Waals surface area contributed by atoms with Crippen LogP contribution in [0, 0.1) is 18.3 Å². The molecule has 0 saturated carbocycles. The van der Waals surface area contributed by atoms with Crippen LogP contribution in [0.25, 0.3) is 5.69 Å². The van der Waals surface area contributed by atoms with Crippen molar-refractivity contribution in [2.45, 2.75) is 6.92 Å². The summed E-state index contributed by atoms with van der Waals surface area (Å²) in [6, 6.07) is 11.9. The fourth-order valence-corrected chi connectivity index (χ4v) is 2.38. The Morgan fingerprint density at radius 2 is 2.12 bits per heavy atom. The maximum Gasteiger partial charge on any atom is 0.255 e. The first-order valence-electron chi connectivity index (χ1n) is 6.93. The second-order valence-electron chi connectivity index (χ2n) is 5.02. The maximum absolute atomic E-state index is 12.4. The number of tetrazole rings is 1. The van der Waals surface area contributed by atoms with Crippen molar-refractivity contribution in [2.75, 3.05) is 5.32 Å². The van der Waals surface area contributed by atoms with Gasteiger partial charge in [-0.1, -0.05) is 11.6 Å². The molecule has 0 atom stereocenters. The highest BCUT2D eigenvalue weighted by Crippen LogP contribution is 2.21. The predicted octanol–water partition coefficient (Wildman–Crippen LogP) is 2.75. The Bertz CT molecular complexity index is 946. The topological polar surface area (TPSA) is 96.5 Å². The average Bonchev–Trinajstić information content (AvgIpc) is 3.10. The summed E-state index contributed by atoms with van der Waals surface area (Å²) < 4.78 is 1.52. The molecule has 0 spiro atoms. The number of aryl methyl sites for hydroxylation is 1. The Kier molecular flexibility index (Phi) is 4.22. The molecular weight excluding hydrogens is 328 g/mol. The maximum atomic E-state index is 12.4. The monoisotopic (exact) mass is 338 g/mol. The van der Waals surface area contributed by atoms with Crippen LogP contribution in [0.5, 0.6) is 0 Å². The molecule has 3 aromatic rings. The minimum absolute atomic E-state index is 0.285. The van der Waals surface area contributed by atoms with E-state index in [0.717, 1.165) is 11.3 Å². The standard InChI is InChI=1S/C16H11ClN6O/c1-10-6-11(2-5-15(10)23-9-19-21-22-23)16(24)20-13-3-4-14(17)12(7-13)8-18/h2-7,9H,1H3,(H,20,24). The summed E-state index contributed by atoms with van der Waals surface area (Å²) in [5.74, 6) is -0.285. The van der Waals surface area contributed by atoms with Gasteiger partial charge in [0, 0.05) is 11.3 Å². The van der Waals surface area contributed by atoms with Gasteiger partial charge in [-0.15, -0.1) is 5.10 Å². The smallest absolute Gasteiger partial charge is 0.255 e. The van der Waals surface area contributed by atoms with Gasteiger partial charge in [-0.2, -0.15) is 5.26 Å². The van der Waals surface area contributed by atoms with Crippen molar-refractivity contribution in [3.8, 4) is 11.8 Å². The Balaban J connectivity index is 1.83. The van der Waals surface area contributed by atoms with E-state index in [2.05, 4.69) is 20.8 Å². The lowest BCUT2D eigenvalue weighted by Gasteiger charge is -2.09. The van der Waals surface area contributed by atoms with Crippen molar-refractivity contribution < 1.29 is 4.79 Å². The van der Waals surface area contributed by atoms with Gasteiger partial charge in [-0.25, -0.2) is 4.68 Å². The van der Waals surface area contributed by atoms with Crippen LogP contribution in [-0.2, 0) is 0 Å². The lowest BCUT2D eigenvalue weighted by atomic mass is 10.1. The molecule has 1 heterocycles. The number of hydrogen-bond donors (Lipinski definition) is 1. The largest absolute Gasteiger partial charge is 0.322 e. The summed E-state index contributed by atoms with van der Waals surface area (Å²) in [5, 5.41) is 23.1. The molecule has 8 heteroatoms. The van der Waals surface area contributed by atoms with E-state index in [1.807, 2.05) is 13.0 Å². The van der Waals surface area contributed by atoms with Crippen molar-refractivity contribution in [3.05, 3.63) is 64.4 Å². The molecule has 1 amide bonds. The molecule has 0 bridgehead atoms. The van der Waals surface area contributed by atoms with E-state index in [9.17, 15) is 4.79 Å². The minimum atomic E-state index is -0.285. The van der Waals surface area contributed by atoms with Crippen LogP contribution < -0.4 is 5.32 Å². The van der Waals surface area contributed by atoms with E-state index in [0.29, 0.717) is 21.8 Å². The van der Waals surface area contributed by atoms with Gasteiger partial charge in [0.15, 0.2) is 0 Å². The molecule has 0 fully saturated rings. The van der Waals surface area contributed by atoms with Crippen molar-refractivity contribution in [2.24, 2.45) is 0 Å². The molecule has 1 aromatic heterocycles. The minimum Gasteiger partial charge on any atom is -0.322 e. The zero-order valence-electron chi connectivity index (χ0n) is 12.6. The second-order valence-corrected chi connectivity index (χ2v) is 5.42. The number of nitrogens with zero attached hydrogens (tertiary/aromatic N) is 5. The van der Waals surface area contributed by atoms with Crippen LogP contribution in [0.15, 0.2) is 42.7 Å². The van der Waals surface area contributed by atoms with Gasteiger partial charge in [0.2, 0.25) is 0 Å². The summed E-state index contributed by atoms with van der Waals surface area (Å²) in [7, 11) is 0. The number of carbonyl (C=O) groups excluding carboxylic acids is 1. The number of amides is 1. The SMILES string of the molecule is Cc1cc(C(=O)Nc2ccc(Cl)c(C#N)c2)ccc1-n1cnnn1. The van der Waals surface area contributed by atoms with Crippen LogP contribution >= 0.6 is 11.6 Å². The van der Waals surface area contributed by atoms with Crippen molar-refractivity contribution >= 4 is 23.2 Å². The number of hydrogen-bond acceptors (Lipinski definition) is 5. The number of carbonyl (C=O) groups is 1. The lowest BCUT2D eigenvalue weighted by Crippen LogP contribution is -2.12. The lowest BCUT2D eigenvalue weighted by molar-refractivity contribution is 0.102. The molecular formula is C16H11ClN6O. The summed E-state index contributed by atoms with van der Waals surface area (Å²) in [6.07, 6.45) is 1.49. The summed E-state index contributed by atoms with van der Waals surface area (Å²) in [6.45, 7) is 1.86. The number of anilines is 1. The quantitative estimate of drug-likeness (QED) is 0.792. The van der Waals surface area contributed by atoms with Crippen LogP contribution in [0.4, 0.5) is 5.69 Å². The highest BCUT2D eigenvalue weighted by atomic mass is 35.5. The molecule has 118 valence electrons. The van der Waals surface area contributed by atoms with Gasteiger partial charge >= 0.3 is 0 Å². The van der Waals surface area contributed by atoms with Gasteiger partial charge in [0.25, 0.3) is 5.91 Å². The Hall–Kier alpha value is -3.24. The number of rotatable bonds is 3. The number of halogens is 1. The van der Waals surface area contributed by atoms with Gasteiger partial charge < -0.3 is 5.32 Å². The van der Waals surface area contributed by atoms with Gasteiger partial charge in [0.1, 0.15) is 12.4 Å². The van der Waals surface area contributed by atoms with Crippen LogP contribution in [0.2, 0.25) is 5.02 Å². The van der Waals surface area contributed by atoms with Gasteiger partial charge in [0.05, 0.1) is 16.3 Å². The summed E-state index contributed by atoms with van der Waals surface area (Å²) in [4.78, 5) is 12.4. The van der Waals surface area contributed by atoms with E-state index < -0.39 is 0 Å². The second kappa shape index (κ2) is 6.48. The number of aromatic nitrogens is 4. The third-order valence-electron chi connectivity index (χ3n) is 3.40. The average molecular weight is 339 g/mol. The predicted molar refractivity (Wildman–Crippen MR) is 88.0 cm³/mol. The normalized spacial score (nSPS) is 10.2. The van der Waals surface area contributed by atoms with E-state index in [4.69, 9.17) is 16.9 Å². The molecule has 7 nitrogen and oxygen atoms in total. The fourth-order valence-electron chi connectivity index (χ4n) is 2.22. The van der Waals surface area contributed by atoms with Gasteiger partial charge in [-0.3, -0.25) is 4.79 Å². The van der Waals surface area contributed by atoms with Crippen molar-refractivity contribution in [3.63, 3.8) is 0 Å². The molecule has 0 aliphatic carbocycles. The first-order valence-corrected chi connectivity index (χ1v) is 7.31. The summed E-state index contributed by atoms with van der Waals surface area (Å²) in [5.41, 5.74) is 2.93.